The molecule has 0 radical (unpaired) electrons. The van der Waals surface area contributed by atoms with E-state index in [-0.39, 0.29) is 4.75 Å². The van der Waals surface area contributed by atoms with Crippen molar-refractivity contribution in [1.29, 1.82) is 0 Å². The van der Waals surface area contributed by atoms with Gasteiger partial charge in [0.15, 0.2) is 0 Å². The fourth-order valence-electron chi connectivity index (χ4n) is 3.29. The molecule has 0 spiro atoms. The van der Waals surface area contributed by atoms with Crippen LogP contribution in [0.25, 0.3) is 5.57 Å². The van der Waals surface area contributed by atoms with Crippen LogP contribution in [0.15, 0.2) is 95.9 Å². The molecule has 0 fully saturated rings. The first-order chi connectivity index (χ1) is 11.3. The number of benzene rings is 3. The Kier molecular flexibility index (Phi) is 3.59. The summed E-state index contributed by atoms with van der Waals surface area (Å²) in [5, 5.41) is 0. The van der Waals surface area contributed by atoms with E-state index in [2.05, 4.69) is 97.9 Å². The van der Waals surface area contributed by atoms with Crippen LogP contribution in [0.4, 0.5) is 0 Å². The zero-order chi connectivity index (χ0) is 15.7. The standard InChI is InChI=1S/C22H18S/c1-17-16-22(18-10-4-2-5-11-18,19-12-6-3-7-13-19)23-21-15-9-8-14-20(17)21/h2-16H,1H3. The lowest BCUT2D eigenvalue weighted by atomic mass is 9.87. The van der Waals surface area contributed by atoms with Crippen LogP contribution in [-0.4, -0.2) is 0 Å². The summed E-state index contributed by atoms with van der Waals surface area (Å²) < 4.78 is -0.166. The van der Waals surface area contributed by atoms with E-state index in [0.29, 0.717) is 0 Å². The molecule has 0 nitrogen and oxygen atoms in total. The predicted octanol–water partition coefficient (Wildman–Crippen LogP) is 6.14. The van der Waals surface area contributed by atoms with E-state index in [1.807, 2.05) is 11.8 Å². The van der Waals surface area contributed by atoms with Crippen molar-refractivity contribution in [2.75, 3.05) is 0 Å². The van der Waals surface area contributed by atoms with Crippen molar-refractivity contribution in [3.05, 3.63) is 108 Å². The molecule has 112 valence electrons. The molecule has 23 heavy (non-hydrogen) atoms. The van der Waals surface area contributed by atoms with E-state index in [4.69, 9.17) is 0 Å². The normalized spacial score (nSPS) is 15.6. The molecule has 3 aromatic rings. The first-order valence-electron chi connectivity index (χ1n) is 7.88. The van der Waals surface area contributed by atoms with Crippen molar-refractivity contribution in [3.8, 4) is 0 Å². The van der Waals surface area contributed by atoms with Crippen molar-refractivity contribution >= 4 is 17.3 Å². The van der Waals surface area contributed by atoms with Crippen LogP contribution < -0.4 is 0 Å². The third-order valence-corrected chi connectivity index (χ3v) is 5.90. The average Bonchev–Trinajstić information content (AvgIpc) is 2.63. The number of hydrogen-bond donors (Lipinski definition) is 0. The summed E-state index contributed by atoms with van der Waals surface area (Å²) in [5.41, 5.74) is 5.34. The Morgan fingerprint density at radius 1 is 0.652 bits per heavy atom. The molecule has 3 aromatic carbocycles. The van der Waals surface area contributed by atoms with Crippen LogP contribution in [0, 0.1) is 0 Å². The Morgan fingerprint density at radius 3 is 1.78 bits per heavy atom. The van der Waals surface area contributed by atoms with Crippen molar-refractivity contribution in [1.82, 2.24) is 0 Å². The summed E-state index contributed by atoms with van der Waals surface area (Å²) in [4.78, 5) is 1.35. The molecule has 0 N–H and O–H groups in total. The van der Waals surface area contributed by atoms with Gasteiger partial charge >= 0.3 is 0 Å². The van der Waals surface area contributed by atoms with Crippen molar-refractivity contribution < 1.29 is 0 Å². The number of thioether (sulfide) groups is 1. The maximum absolute atomic E-state index is 2.42. The molecular weight excluding hydrogens is 296 g/mol. The largest absolute Gasteiger partial charge is 0.105 e. The summed E-state index contributed by atoms with van der Waals surface area (Å²) in [7, 11) is 0. The lowest BCUT2D eigenvalue weighted by Gasteiger charge is -2.36. The first kappa shape index (κ1) is 14.3. The van der Waals surface area contributed by atoms with Crippen LogP contribution >= 0.6 is 11.8 Å². The molecule has 1 aliphatic heterocycles. The Morgan fingerprint density at radius 2 is 1.17 bits per heavy atom. The van der Waals surface area contributed by atoms with Gasteiger partial charge in [0.25, 0.3) is 0 Å². The van der Waals surface area contributed by atoms with Crippen LogP contribution in [0.3, 0.4) is 0 Å². The van der Waals surface area contributed by atoms with Crippen LogP contribution in [0.1, 0.15) is 23.6 Å². The van der Waals surface area contributed by atoms with Gasteiger partial charge in [-0.3, -0.25) is 0 Å². The maximum atomic E-state index is 2.42. The highest BCUT2D eigenvalue weighted by molar-refractivity contribution is 8.00. The highest BCUT2D eigenvalue weighted by Gasteiger charge is 2.36. The third-order valence-electron chi connectivity index (χ3n) is 4.41. The first-order valence-corrected chi connectivity index (χ1v) is 8.70. The molecule has 0 amide bonds. The smallest absolute Gasteiger partial charge is 0.0890 e. The molecule has 0 bridgehead atoms. The Balaban J connectivity index is 1.98. The molecule has 4 rings (SSSR count). The Labute approximate surface area is 141 Å². The van der Waals surface area contributed by atoms with Gasteiger partial charge in [-0.05, 0) is 35.3 Å². The molecule has 0 saturated carbocycles. The van der Waals surface area contributed by atoms with E-state index < -0.39 is 0 Å². The van der Waals surface area contributed by atoms with E-state index in [9.17, 15) is 0 Å². The number of hydrogen-bond acceptors (Lipinski definition) is 1. The van der Waals surface area contributed by atoms with Crippen molar-refractivity contribution in [2.24, 2.45) is 0 Å². The van der Waals surface area contributed by atoms with E-state index in [1.54, 1.807) is 0 Å². The van der Waals surface area contributed by atoms with Gasteiger partial charge in [-0.15, -0.1) is 11.8 Å². The lowest BCUT2D eigenvalue weighted by molar-refractivity contribution is 0.929. The topological polar surface area (TPSA) is 0 Å². The minimum absolute atomic E-state index is 0.166. The van der Waals surface area contributed by atoms with Gasteiger partial charge < -0.3 is 0 Å². The minimum atomic E-state index is -0.166. The van der Waals surface area contributed by atoms with Gasteiger partial charge in [-0.25, -0.2) is 0 Å². The molecule has 0 aliphatic carbocycles. The molecule has 0 unspecified atom stereocenters. The molecular formula is C22H18S. The van der Waals surface area contributed by atoms with Gasteiger partial charge in [0.1, 0.15) is 0 Å². The second-order valence-corrected chi connectivity index (χ2v) is 7.18. The molecule has 0 aromatic heterocycles. The van der Waals surface area contributed by atoms with Crippen LogP contribution in [0.5, 0.6) is 0 Å². The highest BCUT2D eigenvalue weighted by Crippen LogP contribution is 2.53. The third kappa shape index (κ3) is 2.42. The summed E-state index contributed by atoms with van der Waals surface area (Å²) >= 11 is 1.94. The monoisotopic (exact) mass is 314 g/mol. The number of fused-ring (bicyclic) bond motifs is 1. The molecule has 0 saturated heterocycles. The summed E-state index contributed by atoms with van der Waals surface area (Å²) in [6.45, 7) is 2.22. The number of rotatable bonds is 2. The zero-order valence-corrected chi connectivity index (χ0v) is 13.9. The fraction of sp³-hybridized carbons (Fsp3) is 0.0909. The molecule has 0 atom stereocenters. The SMILES string of the molecule is CC1=CC(c2ccccc2)(c2ccccc2)Sc2ccccc21. The minimum Gasteiger partial charge on any atom is -0.105 e. The molecule has 1 heterocycles. The summed E-state index contributed by atoms with van der Waals surface area (Å²) in [5.74, 6) is 0. The van der Waals surface area contributed by atoms with Crippen molar-refractivity contribution in [2.45, 2.75) is 16.6 Å². The van der Waals surface area contributed by atoms with Gasteiger partial charge in [0.2, 0.25) is 0 Å². The average molecular weight is 314 g/mol. The highest BCUT2D eigenvalue weighted by atomic mass is 32.2. The fourth-order valence-corrected chi connectivity index (χ4v) is 4.87. The maximum Gasteiger partial charge on any atom is 0.0890 e. The van der Waals surface area contributed by atoms with Gasteiger partial charge in [0.05, 0.1) is 4.75 Å². The molecule has 1 heteroatoms. The van der Waals surface area contributed by atoms with Gasteiger partial charge in [-0.2, -0.15) is 0 Å². The summed E-state index contributed by atoms with van der Waals surface area (Å²) in [6.07, 6.45) is 2.42. The van der Waals surface area contributed by atoms with Crippen molar-refractivity contribution in [3.63, 3.8) is 0 Å². The molecule has 1 aliphatic rings. The Bertz CT molecular complexity index is 808. The van der Waals surface area contributed by atoms with Gasteiger partial charge in [0, 0.05) is 4.90 Å². The van der Waals surface area contributed by atoms with E-state index in [1.165, 1.54) is 27.2 Å². The van der Waals surface area contributed by atoms with E-state index in [0.717, 1.165) is 0 Å². The predicted molar refractivity (Wildman–Crippen MR) is 99.6 cm³/mol. The number of allylic oxidation sites excluding steroid dienone is 1. The van der Waals surface area contributed by atoms with Gasteiger partial charge in [-0.1, -0.05) is 84.9 Å². The van der Waals surface area contributed by atoms with Crippen LogP contribution in [-0.2, 0) is 4.75 Å². The summed E-state index contributed by atoms with van der Waals surface area (Å²) in [6, 6.07) is 30.3. The quantitative estimate of drug-likeness (QED) is 0.547. The zero-order valence-electron chi connectivity index (χ0n) is 13.1. The second kappa shape index (κ2) is 5.75. The lowest BCUT2D eigenvalue weighted by Crippen LogP contribution is -2.23. The van der Waals surface area contributed by atoms with Crippen LogP contribution in [0.2, 0.25) is 0 Å². The van der Waals surface area contributed by atoms with E-state index >= 15 is 0 Å². The second-order valence-electron chi connectivity index (χ2n) is 5.89. The Hall–Kier alpha value is -2.25.